The summed E-state index contributed by atoms with van der Waals surface area (Å²) in [7, 11) is 3.81. The van der Waals surface area contributed by atoms with Gasteiger partial charge in [0.25, 0.3) is 0 Å². The van der Waals surface area contributed by atoms with Crippen LogP contribution in [0.1, 0.15) is 10.4 Å². The number of amides is 1. The SMILES string of the molecule is COc1ccc(NC(=O)CSc2nc(N)c3c4c(sc3n2)C[NH+](C)CC4)cc1. The van der Waals surface area contributed by atoms with Gasteiger partial charge in [0, 0.05) is 12.1 Å². The van der Waals surface area contributed by atoms with Crippen molar-refractivity contribution >= 4 is 50.7 Å². The van der Waals surface area contributed by atoms with Crippen LogP contribution in [0.2, 0.25) is 0 Å². The number of nitrogens with zero attached hydrogens (tertiary/aromatic N) is 2. The highest BCUT2D eigenvalue weighted by Gasteiger charge is 2.24. The third kappa shape index (κ3) is 3.91. The highest BCUT2D eigenvalue weighted by Crippen LogP contribution is 2.35. The molecule has 1 aliphatic heterocycles. The van der Waals surface area contributed by atoms with Crippen LogP contribution >= 0.6 is 23.1 Å². The highest BCUT2D eigenvalue weighted by molar-refractivity contribution is 7.99. The van der Waals surface area contributed by atoms with Gasteiger partial charge in [0.05, 0.1) is 36.7 Å². The van der Waals surface area contributed by atoms with Crippen molar-refractivity contribution in [2.24, 2.45) is 0 Å². The quantitative estimate of drug-likeness (QED) is 0.432. The summed E-state index contributed by atoms with van der Waals surface area (Å²) >= 11 is 2.99. The molecule has 28 heavy (non-hydrogen) atoms. The lowest BCUT2D eigenvalue weighted by molar-refractivity contribution is -0.895. The molecule has 1 aliphatic rings. The summed E-state index contributed by atoms with van der Waals surface area (Å²) in [5, 5.41) is 4.39. The monoisotopic (exact) mass is 416 g/mol. The fourth-order valence-electron chi connectivity index (χ4n) is 3.29. The van der Waals surface area contributed by atoms with Gasteiger partial charge in [-0.05, 0) is 29.8 Å². The lowest BCUT2D eigenvalue weighted by atomic mass is 10.1. The van der Waals surface area contributed by atoms with Crippen LogP contribution in [0, 0.1) is 0 Å². The van der Waals surface area contributed by atoms with E-state index in [9.17, 15) is 4.79 Å². The van der Waals surface area contributed by atoms with Crippen LogP contribution in [-0.4, -0.2) is 42.3 Å². The van der Waals surface area contributed by atoms with Crippen LogP contribution in [0.4, 0.5) is 11.5 Å². The lowest BCUT2D eigenvalue weighted by Crippen LogP contribution is -3.08. The molecular formula is C19H22N5O2S2+. The van der Waals surface area contributed by atoms with E-state index in [2.05, 4.69) is 22.3 Å². The molecule has 0 aliphatic carbocycles. The molecule has 0 saturated carbocycles. The zero-order chi connectivity index (χ0) is 19.7. The van der Waals surface area contributed by atoms with Gasteiger partial charge in [-0.1, -0.05) is 11.8 Å². The minimum atomic E-state index is -0.117. The van der Waals surface area contributed by atoms with Gasteiger partial charge in [0.2, 0.25) is 5.91 Å². The molecule has 1 atom stereocenters. The first-order valence-electron chi connectivity index (χ1n) is 8.99. The summed E-state index contributed by atoms with van der Waals surface area (Å²) in [6, 6.07) is 7.21. The third-order valence-corrected chi connectivity index (χ3v) is 6.68. The van der Waals surface area contributed by atoms with E-state index in [0.29, 0.717) is 11.0 Å². The Balaban J connectivity index is 1.45. The largest absolute Gasteiger partial charge is 0.497 e. The van der Waals surface area contributed by atoms with Crippen molar-refractivity contribution in [2.75, 3.05) is 37.5 Å². The molecule has 0 radical (unpaired) electrons. The molecule has 9 heteroatoms. The number of thiophene rings is 1. The van der Waals surface area contributed by atoms with E-state index in [1.807, 2.05) is 0 Å². The van der Waals surface area contributed by atoms with E-state index >= 15 is 0 Å². The number of hydrogen-bond donors (Lipinski definition) is 3. The van der Waals surface area contributed by atoms with Crippen LogP contribution in [0.15, 0.2) is 29.4 Å². The van der Waals surface area contributed by atoms with Crippen LogP contribution in [0.25, 0.3) is 10.2 Å². The van der Waals surface area contributed by atoms with Gasteiger partial charge in [-0.15, -0.1) is 11.3 Å². The van der Waals surface area contributed by atoms with Gasteiger partial charge in [-0.25, -0.2) is 9.97 Å². The summed E-state index contributed by atoms with van der Waals surface area (Å²) in [5.74, 6) is 1.36. The number of likely N-dealkylation sites (N-methyl/N-ethyl adjacent to an activating group) is 1. The number of nitrogens with two attached hydrogens (primary N) is 1. The number of anilines is 2. The standard InChI is InChI=1S/C19H21N5O2S2/c1-24-8-7-13-14(9-24)28-18-16(13)17(20)22-19(23-18)27-10-15(25)21-11-3-5-12(26-2)6-4-11/h3-6H,7-10H2,1-2H3,(H,21,25)(H2,20,22,23)/p+1. The molecule has 7 nitrogen and oxygen atoms in total. The molecule has 0 fully saturated rings. The number of aromatic nitrogens is 2. The number of nitrogen functional groups attached to an aromatic ring is 1. The normalized spacial score (nSPS) is 16.0. The molecule has 4 N–H and O–H groups in total. The number of rotatable bonds is 5. The lowest BCUT2D eigenvalue weighted by Gasteiger charge is -2.19. The van der Waals surface area contributed by atoms with E-state index in [4.69, 9.17) is 10.5 Å². The smallest absolute Gasteiger partial charge is 0.234 e. The first-order valence-corrected chi connectivity index (χ1v) is 10.8. The predicted octanol–water partition coefficient (Wildman–Crippen LogP) is 1.58. The van der Waals surface area contributed by atoms with Gasteiger partial charge in [0.15, 0.2) is 5.16 Å². The second-order valence-corrected chi connectivity index (χ2v) is 8.80. The molecule has 146 valence electrons. The Kier molecular flexibility index (Phi) is 5.38. The Labute approximate surface area is 171 Å². The van der Waals surface area contributed by atoms with E-state index in [1.165, 1.54) is 27.1 Å². The Morgan fingerprint density at radius 1 is 1.36 bits per heavy atom. The highest BCUT2D eigenvalue weighted by atomic mass is 32.2. The number of methoxy groups -OCH3 is 1. The second-order valence-electron chi connectivity index (χ2n) is 6.77. The van der Waals surface area contributed by atoms with E-state index in [0.717, 1.165) is 41.2 Å². The predicted molar refractivity (Wildman–Crippen MR) is 113 cm³/mol. The van der Waals surface area contributed by atoms with Crippen LogP contribution in [-0.2, 0) is 17.8 Å². The molecule has 4 rings (SSSR count). The number of thioether (sulfide) groups is 1. The Morgan fingerprint density at radius 2 is 2.14 bits per heavy atom. The molecular weight excluding hydrogens is 394 g/mol. The zero-order valence-corrected chi connectivity index (χ0v) is 17.4. The second kappa shape index (κ2) is 7.94. The maximum atomic E-state index is 12.2. The number of benzene rings is 1. The van der Waals surface area contributed by atoms with Gasteiger partial charge >= 0.3 is 0 Å². The fourth-order valence-corrected chi connectivity index (χ4v) is 5.34. The number of nitrogens with one attached hydrogen (secondary N) is 2. The summed E-state index contributed by atoms with van der Waals surface area (Å²) in [4.78, 5) is 25.1. The fraction of sp³-hybridized carbons (Fsp3) is 0.316. The van der Waals surface area contributed by atoms with Gasteiger partial charge in [0.1, 0.15) is 22.9 Å². The molecule has 3 aromatic rings. The molecule has 2 aromatic heterocycles. The number of ether oxygens (including phenoxy) is 1. The summed E-state index contributed by atoms with van der Waals surface area (Å²) in [5.41, 5.74) is 8.27. The molecule has 0 saturated heterocycles. The summed E-state index contributed by atoms with van der Waals surface area (Å²) in [6.45, 7) is 2.10. The minimum absolute atomic E-state index is 0.117. The van der Waals surface area contributed by atoms with Crippen LogP contribution in [0.5, 0.6) is 5.75 Å². The zero-order valence-electron chi connectivity index (χ0n) is 15.7. The van der Waals surface area contributed by atoms with Gasteiger partial charge in [-0.3, -0.25) is 4.79 Å². The summed E-state index contributed by atoms with van der Waals surface area (Å²) < 4.78 is 5.12. The molecule has 1 aromatic carbocycles. The Hall–Kier alpha value is -2.36. The first kappa shape index (κ1) is 19.0. The topological polar surface area (TPSA) is 94.6 Å². The number of carbonyl (C=O) groups is 1. The van der Waals surface area contributed by atoms with Crippen molar-refractivity contribution in [1.29, 1.82) is 0 Å². The molecule has 0 spiro atoms. The Morgan fingerprint density at radius 3 is 2.89 bits per heavy atom. The van der Waals surface area contributed by atoms with Crippen molar-refractivity contribution < 1.29 is 14.4 Å². The van der Waals surface area contributed by atoms with Crippen molar-refractivity contribution in [3.05, 3.63) is 34.7 Å². The third-order valence-electron chi connectivity index (χ3n) is 4.71. The number of carbonyl (C=O) groups excluding carboxylic acids is 1. The maximum absolute atomic E-state index is 12.2. The number of quaternary nitrogens is 1. The van der Waals surface area contributed by atoms with Crippen LogP contribution in [0.3, 0.4) is 0 Å². The number of hydrogen-bond acceptors (Lipinski definition) is 7. The van der Waals surface area contributed by atoms with E-state index in [1.54, 1.807) is 42.7 Å². The van der Waals surface area contributed by atoms with Gasteiger partial charge < -0.3 is 20.7 Å². The van der Waals surface area contributed by atoms with Crippen molar-refractivity contribution in [3.8, 4) is 5.75 Å². The molecule has 1 unspecified atom stereocenters. The Bertz CT molecular complexity index is 1020. The van der Waals surface area contributed by atoms with E-state index in [-0.39, 0.29) is 11.7 Å². The van der Waals surface area contributed by atoms with Crippen molar-refractivity contribution in [2.45, 2.75) is 18.1 Å². The number of fused-ring (bicyclic) bond motifs is 3. The van der Waals surface area contributed by atoms with Crippen molar-refractivity contribution in [1.82, 2.24) is 9.97 Å². The average molecular weight is 417 g/mol. The average Bonchev–Trinajstić information content (AvgIpc) is 3.04. The van der Waals surface area contributed by atoms with Gasteiger partial charge in [-0.2, -0.15) is 0 Å². The molecule has 1 amide bonds. The molecule has 3 heterocycles. The maximum Gasteiger partial charge on any atom is 0.234 e. The van der Waals surface area contributed by atoms with Crippen molar-refractivity contribution in [3.63, 3.8) is 0 Å². The summed E-state index contributed by atoms with van der Waals surface area (Å²) in [6.07, 6.45) is 1.01. The van der Waals surface area contributed by atoms with Crippen LogP contribution < -0.4 is 20.7 Å². The first-order chi connectivity index (χ1) is 13.5. The minimum Gasteiger partial charge on any atom is -0.497 e. The molecule has 0 bridgehead atoms. The van der Waals surface area contributed by atoms with E-state index < -0.39 is 0 Å².